The first-order valence-corrected chi connectivity index (χ1v) is 10.9. The van der Waals surface area contributed by atoms with Crippen LogP contribution in [-0.2, 0) is 9.59 Å². The van der Waals surface area contributed by atoms with Gasteiger partial charge >= 0.3 is 0 Å². The number of nitrogens with one attached hydrogen (secondary N) is 2. The maximum absolute atomic E-state index is 13.0. The maximum Gasteiger partial charge on any atom is 0.251 e. The Bertz CT molecular complexity index is 909. The third-order valence-corrected chi connectivity index (χ3v) is 4.92. The fraction of sp³-hybridized carbons (Fsp3) is 0.346. The van der Waals surface area contributed by atoms with Crippen LogP contribution in [-0.4, -0.2) is 38.7 Å². The van der Waals surface area contributed by atoms with Crippen LogP contribution in [0.1, 0.15) is 45.1 Å². The highest BCUT2D eigenvalue weighted by molar-refractivity contribution is 6.00. The lowest BCUT2D eigenvalue weighted by molar-refractivity contribution is -0.117. The van der Waals surface area contributed by atoms with Crippen molar-refractivity contribution >= 4 is 18.0 Å². The smallest absolute Gasteiger partial charge is 0.251 e. The van der Waals surface area contributed by atoms with Crippen molar-refractivity contribution < 1.29 is 9.59 Å². The Hall–Kier alpha value is -3.41. The first-order chi connectivity index (χ1) is 15.3. The highest BCUT2D eigenvalue weighted by Gasteiger charge is 2.14. The molecular formula is C26H36N4O2. The minimum absolute atomic E-state index is 0.0968. The first kappa shape index (κ1) is 26.6. The molecule has 32 heavy (non-hydrogen) atoms. The second-order valence-electron chi connectivity index (χ2n) is 7.41. The van der Waals surface area contributed by atoms with Gasteiger partial charge in [0.05, 0.1) is 0 Å². The van der Waals surface area contributed by atoms with E-state index in [0.29, 0.717) is 29.8 Å². The van der Waals surface area contributed by atoms with Gasteiger partial charge in [-0.25, -0.2) is 0 Å². The van der Waals surface area contributed by atoms with Crippen LogP contribution in [0.2, 0.25) is 0 Å². The number of likely N-dealkylation sites (N-methyl/N-ethyl adjacent to an activating group) is 1. The molecule has 0 aliphatic rings. The minimum atomic E-state index is -0.257. The Morgan fingerprint density at radius 1 is 1.16 bits per heavy atom. The van der Waals surface area contributed by atoms with Gasteiger partial charge in [-0.3, -0.25) is 14.6 Å². The number of nitrogens with two attached hydrogens (primary N) is 1. The van der Waals surface area contributed by atoms with Crippen LogP contribution in [0.5, 0.6) is 0 Å². The van der Waals surface area contributed by atoms with E-state index in [0.717, 1.165) is 17.6 Å². The molecule has 0 aromatic heterocycles. The van der Waals surface area contributed by atoms with Gasteiger partial charge < -0.3 is 16.4 Å². The average Bonchev–Trinajstić information content (AvgIpc) is 2.81. The topological polar surface area (TPSA) is 96.6 Å². The van der Waals surface area contributed by atoms with E-state index >= 15 is 0 Å². The molecule has 1 unspecified atom stereocenters. The fourth-order valence-electron chi connectivity index (χ4n) is 3.05. The number of benzene rings is 1. The second kappa shape index (κ2) is 14.6. The summed E-state index contributed by atoms with van der Waals surface area (Å²) in [5.74, 6) is -0.390. The largest absolute Gasteiger partial charge is 0.402 e. The highest BCUT2D eigenvalue weighted by Crippen LogP contribution is 2.26. The van der Waals surface area contributed by atoms with E-state index in [9.17, 15) is 9.59 Å². The van der Waals surface area contributed by atoms with Crippen LogP contribution in [0.15, 0.2) is 82.0 Å². The molecule has 0 saturated carbocycles. The molecule has 2 amide bonds. The average molecular weight is 437 g/mol. The zero-order chi connectivity index (χ0) is 23.9. The van der Waals surface area contributed by atoms with Crippen molar-refractivity contribution in [2.75, 3.05) is 20.6 Å². The Morgan fingerprint density at radius 3 is 2.44 bits per heavy atom. The number of hydrogen-bond acceptors (Lipinski definition) is 4. The van der Waals surface area contributed by atoms with Gasteiger partial charge in [0.1, 0.15) is 0 Å². The summed E-state index contributed by atoms with van der Waals surface area (Å²) >= 11 is 0. The normalized spacial score (nSPS) is 14.4. The molecule has 0 bridgehead atoms. The molecule has 1 rings (SSSR count). The molecule has 1 atom stereocenters. The van der Waals surface area contributed by atoms with Crippen molar-refractivity contribution in [2.24, 2.45) is 10.7 Å². The summed E-state index contributed by atoms with van der Waals surface area (Å²) in [7, 11) is 3.24. The van der Waals surface area contributed by atoms with Crippen LogP contribution in [0.4, 0.5) is 0 Å². The van der Waals surface area contributed by atoms with E-state index < -0.39 is 0 Å². The molecule has 1 aromatic rings. The van der Waals surface area contributed by atoms with Gasteiger partial charge in [0.2, 0.25) is 5.91 Å². The minimum Gasteiger partial charge on any atom is -0.402 e. The van der Waals surface area contributed by atoms with E-state index in [4.69, 9.17) is 5.73 Å². The van der Waals surface area contributed by atoms with Gasteiger partial charge in [-0.05, 0) is 42.7 Å². The lowest BCUT2D eigenvalue weighted by Gasteiger charge is -2.16. The van der Waals surface area contributed by atoms with Crippen molar-refractivity contribution in [2.45, 2.75) is 39.5 Å². The third-order valence-electron chi connectivity index (χ3n) is 4.92. The van der Waals surface area contributed by atoms with Gasteiger partial charge in [-0.15, -0.1) is 0 Å². The molecule has 0 heterocycles. The van der Waals surface area contributed by atoms with Crippen molar-refractivity contribution in [3.63, 3.8) is 0 Å². The van der Waals surface area contributed by atoms with Gasteiger partial charge in [0.15, 0.2) is 0 Å². The van der Waals surface area contributed by atoms with E-state index in [1.807, 2.05) is 24.3 Å². The SMILES string of the molecule is CC/C=C(/C=C(\C=C(/C)C(=O)NC)C(=O)NCCC(N)=CC=NC)C(C)c1ccccc1. The summed E-state index contributed by atoms with van der Waals surface area (Å²) < 4.78 is 0. The number of aliphatic imine (C=N–C) groups is 1. The number of hydrogen-bond donors (Lipinski definition) is 3. The Morgan fingerprint density at radius 2 is 1.84 bits per heavy atom. The van der Waals surface area contributed by atoms with Crippen molar-refractivity contribution in [3.8, 4) is 0 Å². The van der Waals surface area contributed by atoms with Crippen molar-refractivity contribution in [1.82, 2.24) is 10.6 Å². The number of carbonyl (C=O) groups is 2. The van der Waals surface area contributed by atoms with E-state index in [1.165, 1.54) is 0 Å². The van der Waals surface area contributed by atoms with E-state index in [-0.39, 0.29) is 17.7 Å². The number of allylic oxidation sites excluding steroid dienone is 4. The summed E-state index contributed by atoms with van der Waals surface area (Å²) in [6.07, 6.45) is 10.3. The Kier molecular flexibility index (Phi) is 12.1. The molecule has 0 saturated heterocycles. The van der Waals surface area contributed by atoms with Crippen molar-refractivity contribution in [1.29, 1.82) is 0 Å². The molecule has 6 heteroatoms. The predicted molar refractivity (Wildman–Crippen MR) is 133 cm³/mol. The Labute approximate surface area is 192 Å². The molecule has 0 aliphatic carbocycles. The zero-order valence-electron chi connectivity index (χ0n) is 19.8. The second-order valence-corrected chi connectivity index (χ2v) is 7.41. The van der Waals surface area contributed by atoms with Gasteiger partial charge in [-0.2, -0.15) is 0 Å². The molecule has 0 spiro atoms. The molecule has 0 radical (unpaired) electrons. The fourth-order valence-corrected chi connectivity index (χ4v) is 3.05. The Balaban J connectivity index is 3.22. The van der Waals surface area contributed by atoms with Gasteiger partial charge in [-0.1, -0.05) is 50.3 Å². The number of carbonyl (C=O) groups excluding carboxylic acids is 2. The van der Waals surface area contributed by atoms with Gasteiger partial charge in [0.25, 0.3) is 5.91 Å². The van der Waals surface area contributed by atoms with E-state index in [1.54, 1.807) is 39.4 Å². The lowest BCUT2D eigenvalue weighted by atomic mass is 9.90. The first-order valence-electron chi connectivity index (χ1n) is 10.9. The molecular weight excluding hydrogens is 400 g/mol. The molecule has 4 N–H and O–H groups in total. The quantitative estimate of drug-likeness (QED) is 0.280. The number of rotatable bonds is 11. The lowest BCUT2D eigenvalue weighted by Crippen LogP contribution is -2.27. The summed E-state index contributed by atoms with van der Waals surface area (Å²) in [6.45, 7) is 6.24. The molecule has 6 nitrogen and oxygen atoms in total. The third kappa shape index (κ3) is 9.16. The number of nitrogens with zero attached hydrogens (tertiary/aromatic N) is 1. The van der Waals surface area contributed by atoms with Crippen LogP contribution in [0.25, 0.3) is 0 Å². The van der Waals surface area contributed by atoms with E-state index in [2.05, 4.69) is 47.7 Å². The maximum atomic E-state index is 13.0. The molecule has 172 valence electrons. The molecule has 1 aromatic carbocycles. The van der Waals surface area contributed by atoms with Crippen LogP contribution >= 0.6 is 0 Å². The zero-order valence-corrected chi connectivity index (χ0v) is 19.8. The van der Waals surface area contributed by atoms with Crippen molar-refractivity contribution in [3.05, 3.63) is 82.6 Å². The summed E-state index contributed by atoms with van der Waals surface area (Å²) in [6, 6.07) is 10.1. The number of amides is 2. The van der Waals surface area contributed by atoms with Crippen LogP contribution in [0.3, 0.4) is 0 Å². The van der Waals surface area contributed by atoms with Crippen LogP contribution < -0.4 is 16.4 Å². The monoisotopic (exact) mass is 436 g/mol. The molecule has 0 aliphatic heterocycles. The predicted octanol–water partition coefficient (Wildman–Crippen LogP) is 3.79. The van der Waals surface area contributed by atoms with Crippen LogP contribution in [0, 0.1) is 0 Å². The van der Waals surface area contributed by atoms with Gasteiger partial charge in [0, 0.05) is 56.0 Å². The summed E-state index contributed by atoms with van der Waals surface area (Å²) in [5.41, 5.74) is 9.59. The summed E-state index contributed by atoms with van der Waals surface area (Å²) in [5, 5.41) is 5.50. The molecule has 0 fully saturated rings. The summed E-state index contributed by atoms with van der Waals surface area (Å²) in [4.78, 5) is 28.9. The highest BCUT2D eigenvalue weighted by atomic mass is 16.2. The standard InChI is InChI=1S/C26H36N4O2/c1-6-10-22(20(3)21-11-8-7-9-12-21)18-23(17-19(2)25(31)29-5)26(32)30-16-14-24(27)13-15-28-4/h7-13,15,17-18,20H,6,14,16,27H2,1-5H3,(H,29,31)(H,30,32)/b19-17+,22-10-,23-18+,24-13?,28-15?.